The van der Waals surface area contributed by atoms with Gasteiger partial charge in [-0.1, -0.05) is 12.2 Å². The third kappa shape index (κ3) is 2.19. The third-order valence-electron chi connectivity index (χ3n) is 1.92. The first kappa shape index (κ1) is 9.79. The Kier molecular flexibility index (Phi) is 2.47. The molecule has 0 amide bonds. The SMILES string of the molecule is O=c1[nH]c(-c2ccc(F)cc2)cc(=S)[nH]1. The van der Waals surface area contributed by atoms with Gasteiger partial charge in [0.05, 0.1) is 5.69 Å². The van der Waals surface area contributed by atoms with E-state index in [0.717, 1.165) is 0 Å². The molecule has 5 heteroatoms. The van der Waals surface area contributed by atoms with Crippen LogP contribution in [0.25, 0.3) is 11.3 Å². The monoisotopic (exact) mass is 222 g/mol. The minimum Gasteiger partial charge on any atom is -0.307 e. The Bertz CT molecular complexity index is 557. The first-order chi connectivity index (χ1) is 7.15. The molecule has 3 nitrogen and oxygen atoms in total. The number of benzene rings is 1. The second-order valence-electron chi connectivity index (χ2n) is 3.01. The van der Waals surface area contributed by atoms with E-state index in [-0.39, 0.29) is 11.5 Å². The summed E-state index contributed by atoms with van der Waals surface area (Å²) in [6.45, 7) is 0. The van der Waals surface area contributed by atoms with Crippen LogP contribution >= 0.6 is 12.2 Å². The van der Waals surface area contributed by atoms with E-state index in [1.807, 2.05) is 0 Å². The molecule has 0 saturated heterocycles. The van der Waals surface area contributed by atoms with Crippen LogP contribution in [0, 0.1) is 10.5 Å². The maximum absolute atomic E-state index is 12.7. The molecule has 2 rings (SSSR count). The van der Waals surface area contributed by atoms with Crippen molar-refractivity contribution in [1.82, 2.24) is 9.97 Å². The molecule has 0 aliphatic rings. The molecule has 76 valence electrons. The third-order valence-corrected chi connectivity index (χ3v) is 2.14. The normalized spacial score (nSPS) is 10.2. The number of aromatic nitrogens is 2. The molecule has 0 spiro atoms. The zero-order valence-electron chi connectivity index (χ0n) is 7.58. The summed E-state index contributed by atoms with van der Waals surface area (Å²) in [4.78, 5) is 16.1. The Morgan fingerprint density at radius 1 is 1.13 bits per heavy atom. The Morgan fingerprint density at radius 2 is 1.80 bits per heavy atom. The van der Waals surface area contributed by atoms with Crippen molar-refractivity contribution in [2.24, 2.45) is 0 Å². The molecule has 1 aromatic heterocycles. The van der Waals surface area contributed by atoms with Gasteiger partial charge in [-0.05, 0) is 35.9 Å². The molecule has 1 heterocycles. The Hall–Kier alpha value is -1.75. The summed E-state index contributed by atoms with van der Waals surface area (Å²) >= 11 is 4.86. The number of aromatic amines is 2. The van der Waals surface area contributed by atoms with Crippen LogP contribution in [0.3, 0.4) is 0 Å². The summed E-state index contributed by atoms with van der Waals surface area (Å²) in [5.41, 5.74) is 0.916. The molecule has 0 aliphatic heterocycles. The van der Waals surface area contributed by atoms with E-state index in [4.69, 9.17) is 12.2 Å². The van der Waals surface area contributed by atoms with Gasteiger partial charge in [-0.2, -0.15) is 0 Å². The minimum absolute atomic E-state index is 0.317. The summed E-state index contributed by atoms with van der Waals surface area (Å²) in [6, 6.07) is 7.43. The molecule has 2 N–H and O–H groups in total. The molecule has 0 radical (unpaired) electrons. The predicted octanol–water partition coefficient (Wildman–Crippen LogP) is 2.24. The summed E-state index contributed by atoms with van der Waals surface area (Å²) in [7, 11) is 0. The lowest BCUT2D eigenvalue weighted by Crippen LogP contribution is -2.10. The second-order valence-corrected chi connectivity index (χ2v) is 3.45. The fraction of sp³-hybridized carbons (Fsp3) is 0. The number of hydrogen-bond acceptors (Lipinski definition) is 2. The highest BCUT2D eigenvalue weighted by Gasteiger charge is 1.99. The Morgan fingerprint density at radius 3 is 2.40 bits per heavy atom. The van der Waals surface area contributed by atoms with Crippen LogP contribution in [0.1, 0.15) is 0 Å². The van der Waals surface area contributed by atoms with Crippen molar-refractivity contribution in [2.75, 3.05) is 0 Å². The van der Waals surface area contributed by atoms with Crippen LogP contribution in [0.2, 0.25) is 0 Å². The van der Waals surface area contributed by atoms with Crippen molar-refractivity contribution < 1.29 is 4.39 Å². The number of H-pyrrole nitrogens is 2. The van der Waals surface area contributed by atoms with Crippen molar-refractivity contribution in [3.8, 4) is 11.3 Å². The molecular formula is C10H7FN2OS. The van der Waals surface area contributed by atoms with E-state index in [1.54, 1.807) is 18.2 Å². The lowest BCUT2D eigenvalue weighted by Gasteiger charge is -2.00. The first-order valence-electron chi connectivity index (χ1n) is 4.25. The first-order valence-corrected chi connectivity index (χ1v) is 4.65. The maximum atomic E-state index is 12.7. The Balaban J connectivity index is 2.59. The molecule has 2 aromatic rings. The van der Waals surface area contributed by atoms with Crippen LogP contribution < -0.4 is 5.69 Å². The lowest BCUT2D eigenvalue weighted by molar-refractivity contribution is 0.628. The molecule has 0 aliphatic carbocycles. The molecule has 1 aromatic carbocycles. The standard InChI is InChI=1S/C10H7FN2OS/c11-7-3-1-6(2-4-7)8-5-9(15)13-10(14)12-8/h1-5H,(H2,12,13,14,15). The average molecular weight is 222 g/mol. The topological polar surface area (TPSA) is 48.6 Å². The van der Waals surface area contributed by atoms with Gasteiger partial charge >= 0.3 is 5.69 Å². The van der Waals surface area contributed by atoms with Gasteiger partial charge in [0, 0.05) is 0 Å². The van der Waals surface area contributed by atoms with Crippen LogP contribution in [-0.2, 0) is 0 Å². The van der Waals surface area contributed by atoms with Crippen molar-refractivity contribution in [3.05, 3.63) is 51.3 Å². The van der Waals surface area contributed by atoms with E-state index in [2.05, 4.69) is 9.97 Å². The number of nitrogens with one attached hydrogen (secondary N) is 2. The summed E-state index contributed by atoms with van der Waals surface area (Å²) in [5.74, 6) is -0.317. The van der Waals surface area contributed by atoms with E-state index in [9.17, 15) is 9.18 Å². The van der Waals surface area contributed by atoms with Crippen molar-refractivity contribution in [1.29, 1.82) is 0 Å². The van der Waals surface area contributed by atoms with Gasteiger partial charge in [0.2, 0.25) is 0 Å². The molecule has 0 unspecified atom stereocenters. The van der Waals surface area contributed by atoms with Gasteiger partial charge in [-0.25, -0.2) is 9.18 Å². The van der Waals surface area contributed by atoms with Crippen molar-refractivity contribution in [3.63, 3.8) is 0 Å². The highest BCUT2D eigenvalue weighted by atomic mass is 32.1. The predicted molar refractivity (Wildman–Crippen MR) is 57.6 cm³/mol. The number of hydrogen-bond donors (Lipinski definition) is 2. The number of rotatable bonds is 1. The van der Waals surface area contributed by atoms with E-state index < -0.39 is 0 Å². The van der Waals surface area contributed by atoms with Crippen LogP contribution in [0.15, 0.2) is 35.1 Å². The van der Waals surface area contributed by atoms with Gasteiger partial charge in [0.15, 0.2) is 0 Å². The zero-order chi connectivity index (χ0) is 10.8. The molecule has 0 bridgehead atoms. The summed E-state index contributed by atoms with van der Waals surface area (Å²) in [5, 5.41) is 0. The van der Waals surface area contributed by atoms with Gasteiger partial charge in [-0.15, -0.1) is 0 Å². The zero-order valence-corrected chi connectivity index (χ0v) is 8.40. The highest BCUT2D eigenvalue weighted by molar-refractivity contribution is 7.71. The fourth-order valence-corrected chi connectivity index (χ4v) is 1.46. The second kappa shape index (κ2) is 3.78. The quantitative estimate of drug-likeness (QED) is 0.727. The Labute approximate surface area is 89.6 Å². The minimum atomic E-state index is -0.373. The van der Waals surface area contributed by atoms with Gasteiger partial charge in [0.25, 0.3) is 0 Å². The van der Waals surface area contributed by atoms with Crippen molar-refractivity contribution >= 4 is 12.2 Å². The maximum Gasteiger partial charge on any atom is 0.324 e. The summed E-state index contributed by atoms with van der Waals surface area (Å²) in [6.07, 6.45) is 0. The van der Waals surface area contributed by atoms with E-state index in [0.29, 0.717) is 15.9 Å². The largest absolute Gasteiger partial charge is 0.324 e. The van der Waals surface area contributed by atoms with Crippen LogP contribution in [0.4, 0.5) is 4.39 Å². The average Bonchev–Trinajstić information content (AvgIpc) is 2.17. The highest BCUT2D eigenvalue weighted by Crippen LogP contribution is 2.15. The van der Waals surface area contributed by atoms with E-state index >= 15 is 0 Å². The lowest BCUT2D eigenvalue weighted by atomic mass is 10.1. The summed E-state index contributed by atoms with van der Waals surface area (Å²) < 4.78 is 13.0. The fourth-order valence-electron chi connectivity index (χ4n) is 1.25. The van der Waals surface area contributed by atoms with Crippen LogP contribution in [0.5, 0.6) is 0 Å². The van der Waals surface area contributed by atoms with Crippen LogP contribution in [-0.4, -0.2) is 9.97 Å². The van der Waals surface area contributed by atoms with E-state index in [1.165, 1.54) is 12.1 Å². The van der Waals surface area contributed by atoms with Gasteiger partial charge in [0.1, 0.15) is 10.5 Å². The smallest absolute Gasteiger partial charge is 0.307 e. The van der Waals surface area contributed by atoms with Gasteiger partial charge < -0.3 is 4.98 Å². The molecule has 0 fully saturated rings. The number of halogens is 1. The van der Waals surface area contributed by atoms with Gasteiger partial charge in [-0.3, -0.25) is 4.98 Å². The molecular weight excluding hydrogens is 215 g/mol. The molecule has 0 saturated carbocycles. The molecule has 0 atom stereocenters. The molecule has 15 heavy (non-hydrogen) atoms. The van der Waals surface area contributed by atoms with Crippen molar-refractivity contribution in [2.45, 2.75) is 0 Å².